The fourth-order valence-electron chi connectivity index (χ4n) is 0.247. The monoisotopic (exact) mass is 118 g/mol. The molecule has 0 aliphatic rings. The third-order valence-corrected chi connectivity index (χ3v) is 0.735. The molecule has 0 aromatic rings. The quantitative estimate of drug-likeness (QED) is 0.419. The first kappa shape index (κ1) is 7.14. The van der Waals surface area contributed by atoms with Gasteiger partial charge in [0.25, 0.3) is 0 Å². The number of carbonyl (C=O) groups excluding carboxylic acids is 1. The van der Waals surface area contributed by atoms with Crippen molar-refractivity contribution in [2.75, 3.05) is 0 Å². The minimum absolute atomic E-state index is 0.396. The van der Waals surface area contributed by atoms with E-state index in [0.29, 0.717) is 0 Å². The molecule has 0 rings (SSSR count). The number of carbonyl (C=O) groups is 2. The van der Waals surface area contributed by atoms with Crippen LogP contribution in [0.1, 0.15) is 13.8 Å². The zero-order valence-corrected chi connectivity index (χ0v) is 4.84. The van der Waals surface area contributed by atoms with Gasteiger partial charge in [-0.1, -0.05) is 13.8 Å². The molecule has 0 amide bonds. The smallest absolute Gasteiger partial charge is 0.372 e. The van der Waals surface area contributed by atoms with Crippen LogP contribution in [-0.4, -0.2) is 16.9 Å². The lowest BCUT2D eigenvalue weighted by atomic mass is 10.3. The molecule has 0 bridgehead atoms. The topological polar surface area (TPSA) is 54.4 Å². The molecule has 0 heterocycles. The Hall–Kier alpha value is -0.860. The third-order valence-electron chi connectivity index (χ3n) is 0.735. The third kappa shape index (κ3) is 1.73. The number of carboxylic acid groups (broad SMARTS) is 1. The minimum atomic E-state index is -1.35. The van der Waals surface area contributed by atoms with Crippen molar-refractivity contribution >= 4 is 11.8 Å². The maximum atomic E-state index is 10.2. The van der Waals surface area contributed by atoms with Crippen molar-refractivity contribution in [1.29, 1.82) is 0 Å². The van der Waals surface area contributed by atoms with Gasteiger partial charge in [-0.25, -0.2) is 4.79 Å². The number of aliphatic carboxylic acids is 1. The lowest BCUT2D eigenvalue weighted by molar-refractivity contribution is -0.150. The molecule has 0 aliphatic carbocycles. The Bertz CT molecular complexity index is 115. The van der Waals surface area contributed by atoms with E-state index in [1.807, 2.05) is 0 Å². The van der Waals surface area contributed by atoms with E-state index in [1.165, 1.54) is 0 Å². The molecule has 46 valence electrons. The van der Waals surface area contributed by atoms with E-state index >= 15 is 0 Å². The highest BCUT2D eigenvalue weighted by molar-refractivity contribution is 6.33. The second-order valence-corrected chi connectivity index (χ2v) is 1.82. The van der Waals surface area contributed by atoms with Crippen molar-refractivity contribution in [1.82, 2.24) is 0 Å². The van der Waals surface area contributed by atoms with Gasteiger partial charge in [0.15, 0.2) is 0 Å². The van der Waals surface area contributed by atoms with Gasteiger partial charge in [-0.15, -0.1) is 0 Å². The molecule has 0 unspecified atom stereocenters. The summed E-state index contributed by atoms with van der Waals surface area (Å²) in [6.07, 6.45) is 0. The molecule has 3 heteroatoms. The number of carboxylic acids is 1. The lowest BCUT2D eigenvalue weighted by Crippen LogP contribution is -2.18. The van der Waals surface area contributed by atoms with Crippen molar-refractivity contribution in [2.24, 2.45) is 5.92 Å². The standard InChI is InChI=1S/C5H8O3/c1-3(2)4(6)5(7)8/h3H,1-2H3,(H,7,8)/i1+1,2+1. The molecule has 1 N–H and O–H groups in total. The van der Waals surface area contributed by atoms with Crippen molar-refractivity contribution < 1.29 is 14.7 Å². The maximum Gasteiger partial charge on any atom is 0.372 e. The zero-order chi connectivity index (χ0) is 6.73. The molecule has 0 saturated carbocycles. The van der Waals surface area contributed by atoms with Gasteiger partial charge in [-0.3, -0.25) is 4.79 Å². The molecule has 0 fully saturated rings. The molecule has 0 saturated heterocycles. The van der Waals surface area contributed by atoms with Crippen LogP contribution in [0.5, 0.6) is 0 Å². The summed E-state index contributed by atoms with van der Waals surface area (Å²) < 4.78 is 0. The van der Waals surface area contributed by atoms with Crippen molar-refractivity contribution in [3.8, 4) is 0 Å². The number of rotatable bonds is 2. The summed E-state index contributed by atoms with van der Waals surface area (Å²) in [7, 11) is 0. The van der Waals surface area contributed by atoms with Gasteiger partial charge in [0.1, 0.15) is 0 Å². The highest BCUT2D eigenvalue weighted by atomic mass is 16.4. The molecule has 0 atom stereocenters. The predicted octanol–water partition coefficient (Wildman–Crippen LogP) is 0.296. The summed E-state index contributed by atoms with van der Waals surface area (Å²) in [5.74, 6) is -2.47. The van der Waals surface area contributed by atoms with Crippen LogP contribution in [-0.2, 0) is 9.59 Å². The van der Waals surface area contributed by atoms with Gasteiger partial charge in [0.2, 0.25) is 5.78 Å². The molecule has 0 aromatic carbocycles. The van der Waals surface area contributed by atoms with E-state index in [-0.39, 0.29) is 0 Å². The Kier molecular flexibility index (Phi) is 2.19. The number of ketones is 1. The fraction of sp³-hybridized carbons (Fsp3) is 0.600. The molecule has 0 spiro atoms. The molecule has 8 heavy (non-hydrogen) atoms. The van der Waals surface area contributed by atoms with E-state index < -0.39 is 17.7 Å². The van der Waals surface area contributed by atoms with Crippen molar-refractivity contribution in [3.63, 3.8) is 0 Å². The first-order valence-corrected chi connectivity index (χ1v) is 2.33. The molecule has 3 nitrogen and oxygen atoms in total. The minimum Gasteiger partial charge on any atom is -0.475 e. The van der Waals surface area contributed by atoms with Gasteiger partial charge in [0, 0.05) is 5.92 Å². The molecular weight excluding hydrogens is 110 g/mol. The molecule has 0 aliphatic heterocycles. The average molecular weight is 118 g/mol. The Morgan fingerprint density at radius 1 is 1.38 bits per heavy atom. The number of Topliss-reactive ketones (excluding diaryl/α,β-unsaturated/α-hetero) is 1. The van der Waals surface area contributed by atoms with Crippen molar-refractivity contribution in [2.45, 2.75) is 13.8 Å². The Morgan fingerprint density at radius 2 is 1.75 bits per heavy atom. The van der Waals surface area contributed by atoms with Crippen LogP contribution < -0.4 is 0 Å². The van der Waals surface area contributed by atoms with Gasteiger partial charge in [-0.2, -0.15) is 0 Å². The van der Waals surface area contributed by atoms with Gasteiger partial charge in [0.05, 0.1) is 0 Å². The summed E-state index contributed by atoms with van der Waals surface area (Å²) in [6.45, 7) is 3.10. The predicted molar refractivity (Wildman–Crippen MR) is 27.5 cm³/mol. The van der Waals surface area contributed by atoms with Gasteiger partial charge in [-0.05, 0) is 0 Å². The highest BCUT2D eigenvalue weighted by Crippen LogP contribution is 1.92. The van der Waals surface area contributed by atoms with Gasteiger partial charge < -0.3 is 5.11 Å². The maximum absolute atomic E-state index is 10.2. The van der Waals surface area contributed by atoms with Crippen LogP contribution >= 0.6 is 0 Å². The Balaban J connectivity index is 3.84. The highest BCUT2D eigenvalue weighted by Gasteiger charge is 2.14. The first-order valence-electron chi connectivity index (χ1n) is 2.33. The van der Waals surface area contributed by atoms with Crippen LogP contribution in [0.3, 0.4) is 0 Å². The van der Waals surface area contributed by atoms with Crippen LogP contribution in [0.15, 0.2) is 0 Å². The summed E-state index contributed by atoms with van der Waals surface area (Å²) in [6, 6.07) is 0. The van der Waals surface area contributed by atoms with Gasteiger partial charge >= 0.3 is 5.97 Å². The Morgan fingerprint density at radius 3 is 1.75 bits per heavy atom. The SMILES string of the molecule is [13CH3]C([13CH3])C(=O)C(=O)O. The van der Waals surface area contributed by atoms with Crippen LogP contribution in [0, 0.1) is 5.92 Å². The Labute approximate surface area is 47.3 Å². The molecule has 0 radical (unpaired) electrons. The van der Waals surface area contributed by atoms with E-state index in [9.17, 15) is 9.59 Å². The lowest BCUT2D eigenvalue weighted by Gasteiger charge is -1.93. The number of hydrogen-bond acceptors (Lipinski definition) is 2. The summed E-state index contributed by atoms with van der Waals surface area (Å²) in [5.41, 5.74) is 0. The van der Waals surface area contributed by atoms with E-state index in [1.54, 1.807) is 13.8 Å². The molecular formula is C5H8O3. The average Bonchev–Trinajstić information content (AvgIpc) is 1.64. The number of hydrogen-bond donors (Lipinski definition) is 1. The summed E-state index contributed by atoms with van der Waals surface area (Å²) >= 11 is 0. The van der Waals surface area contributed by atoms with Crippen LogP contribution in [0.25, 0.3) is 0 Å². The zero-order valence-electron chi connectivity index (χ0n) is 4.84. The van der Waals surface area contributed by atoms with E-state index in [2.05, 4.69) is 0 Å². The van der Waals surface area contributed by atoms with E-state index in [4.69, 9.17) is 5.11 Å². The van der Waals surface area contributed by atoms with E-state index in [0.717, 1.165) is 0 Å². The second kappa shape index (κ2) is 2.45. The first-order chi connectivity index (χ1) is 3.55. The molecule has 0 aromatic heterocycles. The largest absolute Gasteiger partial charge is 0.475 e. The normalized spacial score (nSPS) is 9.38. The summed E-state index contributed by atoms with van der Waals surface area (Å²) in [4.78, 5) is 20.0. The second-order valence-electron chi connectivity index (χ2n) is 1.82. The summed E-state index contributed by atoms with van der Waals surface area (Å²) in [5, 5.41) is 8.00. The fourth-order valence-corrected chi connectivity index (χ4v) is 0.247. The van der Waals surface area contributed by atoms with Crippen molar-refractivity contribution in [3.05, 3.63) is 0 Å². The van der Waals surface area contributed by atoms with Crippen LogP contribution in [0.4, 0.5) is 0 Å². The van der Waals surface area contributed by atoms with Crippen LogP contribution in [0.2, 0.25) is 0 Å².